The van der Waals surface area contributed by atoms with E-state index in [0.717, 1.165) is 25.8 Å². The lowest BCUT2D eigenvalue weighted by Gasteiger charge is -2.27. The van der Waals surface area contributed by atoms with Crippen LogP contribution in [0.3, 0.4) is 0 Å². The van der Waals surface area contributed by atoms with Crippen LogP contribution in [0.15, 0.2) is 176 Å². The van der Waals surface area contributed by atoms with Crippen LogP contribution in [0.1, 0.15) is 94.4 Å². The van der Waals surface area contributed by atoms with Crippen LogP contribution in [-0.4, -0.2) is 12.3 Å². The summed E-state index contributed by atoms with van der Waals surface area (Å²) in [7, 11) is 0.789. The number of allylic oxidation sites excluding steroid dienone is 8. The Morgan fingerprint density at radius 3 is 2.21 bits per heavy atom. The number of para-hydroxylation sites is 1. The molecule has 0 amide bonds. The van der Waals surface area contributed by atoms with Crippen LogP contribution in [0.2, 0.25) is 0 Å². The van der Waals surface area contributed by atoms with Crippen molar-refractivity contribution in [3.63, 3.8) is 0 Å². The molecule has 61 heavy (non-hydrogen) atoms. The van der Waals surface area contributed by atoms with Crippen LogP contribution < -0.4 is 10.8 Å². The smallest absolute Gasteiger partial charge is 0.195 e. The highest BCUT2D eigenvalue weighted by Crippen LogP contribution is 2.51. The number of benzene rings is 6. The van der Waals surface area contributed by atoms with Gasteiger partial charge < -0.3 is 10.3 Å². The van der Waals surface area contributed by atoms with Gasteiger partial charge in [0.2, 0.25) is 0 Å². The monoisotopic (exact) mass is 786 g/mol. The molecule has 1 aromatic heterocycles. The van der Waals surface area contributed by atoms with Crippen molar-refractivity contribution in [1.82, 2.24) is 4.98 Å². The van der Waals surface area contributed by atoms with E-state index in [9.17, 15) is 0 Å². The number of hydrogen-bond acceptors (Lipinski definition) is 1. The lowest BCUT2D eigenvalue weighted by molar-refractivity contribution is 0.659. The van der Waals surface area contributed by atoms with E-state index in [2.05, 4.69) is 226 Å². The fraction of sp³-hybridized carbons (Fsp3) is 0.138. The van der Waals surface area contributed by atoms with E-state index < -0.39 is 0 Å². The number of fused-ring (bicyclic) bond motifs is 7. The van der Waals surface area contributed by atoms with Gasteiger partial charge in [-0.05, 0) is 118 Å². The first kappa shape index (κ1) is 38.4. The second-order valence-corrected chi connectivity index (χ2v) is 17.4. The third kappa shape index (κ3) is 6.98. The largest absolute Gasteiger partial charge is 0.362 e. The Labute approximate surface area is 361 Å². The van der Waals surface area contributed by atoms with E-state index in [0.29, 0.717) is 0 Å². The van der Waals surface area contributed by atoms with E-state index in [-0.39, 0.29) is 11.3 Å². The Morgan fingerprint density at radius 2 is 1.43 bits per heavy atom. The lowest BCUT2D eigenvalue weighted by Crippen LogP contribution is -2.29. The van der Waals surface area contributed by atoms with Crippen LogP contribution in [0.4, 0.5) is 5.69 Å². The maximum absolute atomic E-state index is 3.83. The molecule has 0 saturated heterocycles. The van der Waals surface area contributed by atoms with Crippen LogP contribution in [0, 0.1) is 6.92 Å². The SMILES string of the molecule is C/C1=C/C=C\C(=C\Nc2ccccc2C(c2ccccc2)c2ccccc2)Bc2c1cc1c(c2/C=C/C=C\c2c(C)[nH]c3ccc4c(c23)CCC=C4)C(C)(C)c2ccccc2-1. The number of rotatable bonds is 8. The van der Waals surface area contributed by atoms with Gasteiger partial charge in [-0.2, -0.15) is 0 Å². The molecule has 1 aliphatic heterocycles. The molecule has 2 nitrogen and oxygen atoms in total. The van der Waals surface area contributed by atoms with Gasteiger partial charge in [0, 0.05) is 39.2 Å². The summed E-state index contributed by atoms with van der Waals surface area (Å²) in [6.07, 6.45) is 25.0. The van der Waals surface area contributed by atoms with E-state index in [1.165, 1.54) is 99.9 Å². The molecule has 0 bridgehead atoms. The Kier molecular flexibility index (Phi) is 10.0. The number of hydrogen-bond donors (Lipinski definition) is 2. The van der Waals surface area contributed by atoms with Crippen molar-refractivity contribution in [3.8, 4) is 11.1 Å². The minimum atomic E-state index is -0.162. The van der Waals surface area contributed by atoms with Crippen molar-refractivity contribution in [2.24, 2.45) is 0 Å². The Hall–Kier alpha value is -6.84. The number of nitrogens with one attached hydrogen (secondary N) is 2. The number of H-pyrrole nitrogens is 1. The Morgan fingerprint density at radius 1 is 0.721 bits per heavy atom. The van der Waals surface area contributed by atoms with Gasteiger partial charge in [-0.3, -0.25) is 0 Å². The predicted molar refractivity (Wildman–Crippen MR) is 264 cm³/mol. The molecule has 2 N–H and O–H groups in total. The summed E-state index contributed by atoms with van der Waals surface area (Å²) in [5.41, 5.74) is 23.2. The zero-order valence-electron chi connectivity index (χ0n) is 35.6. The first-order valence-electron chi connectivity index (χ1n) is 21.8. The molecule has 0 radical (unpaired) electrons. The zero-order valence-corrected chi connectivity index (χ0v) is 35.6. The number of aromatic amines is 1. The molecule has 0 atom stereocenters. The average Bonchev–Trinajstić information content (AvgIpc) is 3.73. The second-order valence-electron chi connectivity index (χ2n) is 17.4. The molecule has 296 valence electrons. The van der Waals surface area contributed by atoms with Gasteiger partial charge in [0.25, 0.3) is 0 Å². The topological polar surface area (TPSA) is 27.8 Å². The standard InChI is InChI=1S/C58H51BN2/c1-38-20-19-26-43(37-60-52-33-18-16-30-47(52)54(41-22-7-5-8-23-41)42-24-9-6-10-25-42)59-57-48(56-50(36-49(38)57)46-29-15-17-32-51(46)58(56,3)4)31-14-13-27-44-39(2)61-53-35-34-40-21-11-12-28-45(40)55(44)53/h5-11,13-27,29-37,54,59-61H,12,28H2,1-4H3/b26-19-,27-13-,31-14+,38-20-,43-37-. The fourth-order valence-corrected chi connectivity index (χ4v) is 10.3. The molecule has 3 aliphatic rings. The third-order valence-corrected chi connectivity index (χ3v) is 13.2. The minimum absolute atomic E-state index is 0.0928. The van der Waals surface area contributed by atoms with E-state index in [4.69, 9.17) is 0 Å². The maximum Gasteiger partial charge on any atom is 0.195 e. The molecule has 7 aromatic rings. The van der Waals surface area contributed by atoms with E-state index in [1.807, 2.05) is 0 Å². The van der Waals surface area contributed by atoms with Crippen molar-refractivity contribution in [1.29, 1.82) is 0 Å². The van der Waals surface area contributed by atoms with Crippen LogP contribution in [0.5, 0.6) is 0 Å². The summed E-state index contributed by atoms with van der Waals surface area (Å²) in [4.78, 5) is 3.68. The van der Waals surface area contributed by atoms with Crippen LogP contribution in [0.25, 0.3) is 45.8 Å². The normalized spacial score (nSPS) is 17.1. The van der Waals surface area contributed by atoms with Gasteiger partial charge in [-0.15, -0.1) is 0 Å². The maximum atomic E-state index is 3.83. The quantitative estimate of drug-likeness (QED) is 0.0896. The highest BCUT2D eigenvalue weighted by Gasteiger charge is 2.38. The van der Waals surface area contributed by atoms with Gasteiger partial charge in [-0.1, -0.05) is 189 Å². The first-order chi connectivity index (χ1) is 29.9. The molecule has 0 unspecified atom stereocenters. The number of anilines is 1. The second kappa shape index (κ2) is 16.0. The van der Waals surface area contributed by atoms with Crippen molar-refractivity contribution >= 4 is 53.1 Å². The summed E-state index contributed by atoms with van der Waals surface area (Å²) < 4.78 is 0. The summed E-state index contributed by atoms with van der Waals surface area (Å²) >= 11 is 0. The van der Waals surface area contributed by atoms with Crippen molar-refractivity contribution in [2.45, 2.75) is 51.9 Å². The number of aryl methyl sites for hydroxylation is 2. The van der Waals surface area contributed by atoms with Crippen LogP contribution in [-0.2, 0) is 11.8 Å². The molecule has 10 rings (SSSR count). The molecular formula is C58H51BN2. The molecule has 0 spiro atoms. The summed E-state index contributed by atoms with van der Waals surface area (Å²) in [6, 6.07) is 46.5. The Bertz CT molecular complexity index is 2960. The van der Waals surface area contributed by atoms with Gasteiger partial charge in [0.15, 0.2) is 7.28 Å². The molecular weight excluding hydrogens is 735 g/mol. The average molecular weight is 787 g/mol. The molecule has 3 heteroatoms. The van der Waals surface area contributed by atoms with Gasteiger partial charge in [0.1, 0.15) is 0 Å². The third-order valence-electron chi connectivity index (χ3n) is 13.2. The summed E-state index contributed by atoms with van der Waals surface area (Å²) in [6.45, 7) is 9.27. The van der Waals surface area contributed by atoms with Gasteiger partial charge in [-0.25, -0.2) is 0 Å². The summed E-state index contributed by atoms with van der Waals surface area (Å²) in [5.74, 6) is 0.0928. The van der Waals surface area contributed by atoms with Gasteiger partial charge in [0.05, 0.1) is 0 Å². The molecule has 0 saturated carbocycles. The summed E-state index contributed by atoms with van der Waals surface area (Å²) in [5, 5.41) is 5.20. The number of aromatic nitrogens is 1. The zero-order chi connectivity index (χ0) is 41.5. The van der Waals surface area contributed by atoms with Crippen molar-refractivity contribution in [2.75, 3.05) is 5.32 Å². The minimum Gasteiger partial charge on any atom is -0.362 e. The lowest BCUT2D eigenvalue weighted by atomic mass is 9.57. The highest BCUT2D eigenvalue weighted by atomic mass is 14.8. The van der Waals surface area contributed by atoms with Crippen LogP contribution >= 0.6 is 0 Å². The molecule has 6 aromatic carbocycles. The van der Waals surface area contributed by atoms with Gasteiger partial charge >= 0.3 is 0 Å². The predicted octanol–water partition coefficient (Wildman–Crippen LogP) is 13.6. The highest BCUT2D eigenvalue weighted by molar-refractivity contribution is 6.64. The van der Waals surface area contributed by atoms with E-state index >= 15 is 0 Å². The Balaban J connectivity index is 1.07. The van der Waals surface area contributed by atoms with Crippen molar-refractivity contribution < 1.29 is 0 Å². The fourth-order valence-electron chi connectivity index (χ4n) is 10.3. The van der Waals surface area contributed by atoms with Crippen molar-refractivity contribution in [3.05, 3.63) is 237 Å². The van der Waals surface area contributed by atoms with E-state index in [1.54, 1.807) is 0 Å². The first-order valence-corrected chi connectivity index (χ1v) is 21.8. The molecule has 2 aliphatic carbocycles. The molecule has 2 heterocycles. The molecule has 0 fully saturated rings.